The minimum absolute atomic E-state index is 0. The van der Waals surface area contributed by atoms with Gasteiger partial charge < -0.3 is 0 Å². The Hall–Kier alpha value is 1.70. The van der Waals surface area contributed by atoms with Crippen LogP contribution in [0.25, 0.3) is 0 Å². The molecule has 0 aliphatic rings. The van der Waals surface area contributed by atoms with E-state index in [0.717, 1.165) is 39.6 Å². The minimum atomic E-state index is 0. The van der Waals surface area contributed by atoms with Crippen LogP contribution in [0.1, 0.15) is 6.92 Å². The summed E-state index contributed by atoms with van der Waals surface area (Å²) in [4.78, 5) is 0. The van der Waals surface area contributed by atoms with Gasteiger partial charge in [0.2, 0.25) is 0 Å². The van der Waals surface area contributed by atoms with Crippen molar-refractivity contribution in [1.82, 2.24) is 0 Å². The zero-order valence-corrected chi connectivity index (χ0v) is 8.30. The molecule has 0 saturated heterocycles. The quantitative estimate of drug-likeness (QED) is 0.619. The van der Waals surface area contributed by atoms with Gasteiger partial charge >= 0.3 is 54.2 Å². The fraction of sp³-hybridized carbons (Fsp3) is 0.333. The fourth-order valence-electron chi connectivity index (χ4n) is 0. The molecule has 0 aromatic carbocycles. The Kier molecular flexibility index (Phi) is 25.7. The van der Waals surface area contributed by atoms with Gasteiger partial charge in [-0.05, 0) is 0 Å². The molecule has 0 aliphatic carbocycles. The first kappa shape index (κ1) is 15.6. The first-order valence-corrected chi connectivity index (χ1v) is 2.67. The van der Waals surface area contributed by atoms with Gasteiger partial charge in [-0.3, -0.25) is 0 Å². The molecule has 0 aromatic rings. The molecule has 0 N–H and O–H groups in total. The summed E-state index contributed by atoms with van der Waals surface area (Å²) in [6, 6.07) is 0. The summed E-state index contributed by atoms with van der Waals surface area (Å²) in [5, 5.41) is 0. The molecule has 0 atom stereocenters. The van der Waals surface area contributed by atoms with Crippen molar-refractivity contribution in [3.8, 4) is 0 Å². The summed E-state index contributed by atoms with van der Waals surface area (Å²) >= 11 is 1.15. The molecule has 0 fully saturated rings. The Morgan fingerprint density at radius 1 is 1.50 bits per heavy atom. The molecule has 0 radical (unpaired) electrons. The summed E-state index contributed by atoms with van der Waals surface area (Å²) in [5.41, 5.74) is 0. The van der Waals surface area contributed by atoms with Crippen molar-refractivity contribution in [3.05, 3.63) is 7.67 Å². The van der Waals surface area contributed by atoms with E-state index in [1.165, 1.54) is 1.09 Å². The third kappa shape index (κ3) is 43.7. The van der Waals surface area contributed by atoms with E-state index in [1.807, 2.05) is 6.92 Å². The second-order valence-corrected chi connectivity index (χ2v) is 3.46. The molecule has 0 amide bonds. The maximum Gasteiger partial charge on any atom is -0.147 e. The Morgan fingerprint density at radius 3 is 1.50 bits per heavy atom. The molecule has 0 nitrogen and oxygen atoms in total. The second-order valence-electron chi connectivity index (χ2n) is 0.780. The van der Waals surface area contributed by atoms with Crippen LogP contribution in [0.5, 0.6) is 0 Å². The van der Waals surface area contributed by atoms with Crippen LogP contribution in [0, 0.1) is 39.6 Å². The van der Waals surface area contributed by atoms with Gasteiger partial charge in [-0.15, -0.1) is 24.8 Å². The molecule has 0 aromatic heterocycles. The molecule has 0 saturated carbocycles. The molecule has 0 rings (SSSR count). The average molecular weight is 254 g/mol. The monoisotopic (exact) mass is 253 g/mol. The van der Waals surface area contributed by atoms with Crippen molar-refractivity contribution in [2.45, 2.75) is 6.92 Å². The van der Waals surface area contributed by atoms with Crippen LogP contribution in [0.15, 0.2) is 7.67 Å². The molecular formula is C3H7CeCl2. The van der Waals surface area contributed by atoms with Crippen LogP contribution in [0.3, 0.4) is 0 Å². The molecule has 0 aliphatic heterocycles. The number of hydrogen-bond acceptors (Lipinski definition) is 0. The number of halogens is 2. The minimum Gasteiger partial charge on any atom is -0.147 e. The summed E-state index contributed by atoms with van der Waals surface area (Å²) in [6.45, 7) is 5.65. The van der Waals surface area contributed by atoms with Gasteiger partial charge in [0, 0.05) is 0 Å². The number of allylic oxidation sites excluding steroid dienone is 1. The van der Waals surface area contributed by atoms with Crippen molar-refractivity contribution in [3.63, 3.8) is 0 Å². The largest absolute Gasteiger partial charge is 0.147 e. The molecule has 0 heterocycles. The normalized spacial score (nSPS) is 4.00. The topological polar surface area (TPSA) is 0 Å². The Bertz CT molecular complexity index is 31.8. The molecular weight excluding hydrogens is 247 g/mol. The average Bonchev–Trinajstić information content (AvgIpc) is 0.811. The predicted octanol–water partition coefficient (Wildman–Crippen LogP) is 1.91. The first-order valence-electron chi connectivity index (χ1n) is 1.10. The summed E-state index contributed by atoms with van der Waals surface area (Å²) in [6.07, 6.45) is 0. The van der Waals surface area contributed by atoms with Crippen molar-refractivity contribution >= 4 is 24.8 Å². The fourth-order valence-corrected chi connectivity index (χ4v) is 0. The molecule has 3 heteroatoms. The number of hydrogen-bond donors (Lipinski definition) is 0. The zero-order chi connectivity index (χ0) is 3.58. The van der Waals surface area contributed by atoms with E-state index in [9.17, 15) is 0 Å². The third-order valence-corrected chi connectivity index (χ3v) is 0. The first-order chi connectivity index (χ1) is 1.73. The Balaban J connectivity index is -0.0000000450. The van der Waals surface area contributed by atoms with Crippen LogP contribution in [0.4, 0.5) is 0 Å². The van der Waals surface area contributed by atoms with Crippen LogP contribution >= 0.6 is 24.8 Å². The van der Waals surface area contributed by atoms with Gasteiger partial charge in [-0.1, -0.05) is 0 Å². The Labute approximate surface area is 77.9 Å². The second kappa shape index (κ2) is 9.85. The van der Waals surface area contributed by atoms with E-state index < -0.39 is 0 Å². The third-order valence-electron chi connectivity index (χ3n) is 0. The van der Waals surface area contributed by atoms with Gasteiger partial charge in [-0.2, -0.15) is 0 Å². The standard InChI is InChI=1S/C3H5.Ce.2ClH/c1-3-2;;;/h1H2,2H3;;2*1H. The smallest absolute Gasteiger partial charge is 0.147 e. The van der Waals surface area contributed by atoms with Crippen molar-refractivity contribution < 1.29 is 39.6 Å². The van der Waals surface area contributed by atoms with Crippen molar-refractivity contribution in [2.75, 3.05) is 0 Å². The maximum atomic E-state index is 3.62. The summed E-state index contributed by atoms with van der Waals surface area (Å²) < 4.78 is 1.31. The number of rotatable bonds is 0. The Morgan fingerprint density at radius 2 is 1.50 bits per heavy atom. The van der Waals surface area contributed by atoms with Crippen LogP contribution in [0.2, 0.25) is 0 Å². The van der Waals surface area contributed by atoms with Gasteiger partial charge in [-0.25, -0.2) is 0 Å². The predicted molar refractivity (Wildman–Crippen MR) is 29.3 cm³/mol. The van der Waals surface area contributed by atoms with Crippen molar-refractivity contribution in [1.29, 1.82) is 0 Å². The van der Waals surface area contributed by atoms with Crippen LogP contribution in [-0.2, 0) is 0 Å². The van der Waals surface area contributed by atoms with E-state index in [1.54, 1.807) is 0 Å². The van der Waals surface area contributed by atoms with Crippen LogP contribution in [-0.4, -0.2) is 0 Å². The van der Waals surface area contributed by atoms with Gasteiger partial charge in [0.25, 0.3) is 0 Å². The van der Waals surface area contributed by atoms with E-state index in [0.29, 0.717) is 0 Å². The summed E-state index contributed by atoms with van der Waals surface area (Å²) in [5.74, 6) is 0. The van der Waals surface area contributed by atoms with Crippen molar-refractivity contribution in [2.24, 2.45) is 0 Å². The molecule has 0 unspecified atom stereocenters. The zero-order valence-electron chi connectivity index (χ0n) is 3.52. The molecule has 6 heavy (non-hydrogen) atoms. The molecule has 0 spiro atoms. The molecule has 37 valence electrons. The van der Waals surface area contributed by atoms with Gasteiger partial charge in [0.05, 0.1) is 0 Å². The molecule has 0 bridgehead atoms. The summed E-state index contributed by atoms with van der Waals surface area (Å²) in [7, 11) is 0. The SMILES string of the molecule is C=[C](C)[Ce].Cl.Cl. The van der Waals surface area contributed by atoms with Crippen LogP contribution < -0.4 is 0 Å². The van der Waals surface area contributed by atoms with E-state index in [2.05, 4.69) is 6.58 Å². The van der Waals surface area contributed by atoms with Gasteiger partial charge in [0.15, 0.2) is 0 Å². The van der Waals surface area contributed by atoms with E-state index in [4.69, 9.17) is 0 Å². The maximum absolute atomic E-state index is 3.62. The van der Waals surface area contributed by atoms with Gasteiger partial charge in [0.1, 0.15) is 0 Å². The van der Waals surface area contributed by atoms with E-state index in [-0.39, 0.29) is 24.8 Å². The van der Waals surface area contributed by atoms with E-state index >= 15 is 0 Å².